The monoisotopic (exact) mass is 376 g/mol. The van der Waals surface area contributed by atoms with Gasteiger partial charge in [0.1, 0.15) is 5.56 Å². The molecule has 3 heterocycles. The average Bonchev–Trinajstić information content (AvgIpc) is 3.30. The van der Waals surface area contributed by atoms with Gasteiger partial charge in [-0.05, 0) is 28.5 Å². The molecule has 4 N–H and O–H groups in total. The number of carbonyl (C=O) groups is 2. The van der Waals surface area contributed by atoms with E-state index in [1.807, 2.05) is 16.8 Å². The fourth-order valence-corrected chi connectivity index (χ4v) is 3.87. The summed E-state index contributed by atoms with van der Waals surface area (Å²) in [5, 5.41) is 16.4. The van der Waals surface area contributed by atoms with E-state index < -0.39 is 5.91 Å². The number of carbonyl (C=O) groups excluding carboxylic acids is 2. The molecule has 0 radical (unpaired) electrons. The number of methoxy groups -OCH3 is 1. The molecule has 1 saturated heterocycles. The quantitative estimate of drug-likeness (QED) is 0.731. The van der Waals surface area contributed by atoms with Crippen LogP contribution in [0.3, 0.4) is 0 Å². The standard InChI is InChI=1S/C17H20N4O4S/c1-25-16-13(15(18)23)4-12(5-19-16)20-17(24)21-6-11(8-22)14(7-21)10-2-3-26-9-10/h2-5,9,11,14,22H,6-8H2,1H3,(H2,18,23)(H,20,24)/t11-,14-/m0/s1. The highest BCUT2D eigenvalue weighted by molar-refractivity contribution is 7.08. The van der Waals surface area contributed by atoms with Crippen molar-refractivity contribution in [3.8, 4) is 5.88 Å². The first-order valence-electron chi connectivity index (χ1n) is 8.06. The van der Waals surface area contributed by atoms with Crippen molar-refractivity contribution in [2.24, 2.45) is 11.7 Å². The molecule has 3 amide bonds. The van der Waals surface area contributed by atoms with Crippen molar-refractivity contribution in [3.05, 3.63) is 40.2 Å². The Kier molecular flexibility index (Phi) is 5.38. The van der Waals surface area contributed by atoms with Crippen LogP contribution in [0.1, 0.15) is 21.8 Å². The van der Waals surface area contributed by atoms with Crippen molar-refractivity contribution in [1.29, 1.82) is 0 Å². The van der Waals surface area contributed by atoms with E-state index in [9.17, 15) is 14.7 Å². The van der Waals surface area contributed by atoms with E-state index in [4.69, 9.17) is 10.5 Å². The SMILES string of the molecule is COc1ncc(NC(=O)N2C[C@@H](CO)[C@H](c3ccsc3)C2)cc1C(N)=O. The third kappa shape index (κ3) is 3.63. The van der Waals surface area contributed by atoms with Crippen LogP contribution in [-0.2, 0) is 0 Å². The number of aliphatic hydroxyl groups excluding tert-OH is 1. The Balaban J connectivity index is 1.72. The lowest BCUT2D eigenvalue weighted by molar-refractivity contribution is 0.0996. The molecule has 3 rings (SSSR count). The minimum Gasteiger partial charge on any atom is -0.480 e. The first-order valence-corrected chi connectivity index (χ1v) is 9.00. The summed E-state index contributed by atoms with van der Waals surface area (Å²) in [6.45, 7) is 0.982. The first kappa shape index (κ1) is 18.2. The molecule has 1 aliphatic rings. The van der Waals surface area contributed by atoms with Crippen LogP contribution in [0.2, 0.25) is 0 Å². The van der Waals surface area contributed by atoms with Gasteiger partial charge in [0.2, 0.25) is 5.88 Å². The summed E-state index contributed by atoms with van der Waals surface area (Å²) in [6, 6.07) is 3.14. The zero-order chi connectivity index (χ0) is 18.7. The first-order chi connectivity index (χ1) is 12.5. The third-order valence-electron chi connectivity index (χ3n) is 4.50. The largest absolute Gasteiger partial charge is 0.480 e. The summed E-state index contributed by atoms with van der Waals surface area (Å²) in [6.07, 6.45) is 1.40. The van der Waals surface area contributed by atoms with E-state index in [1.165, 1.54) is 19.4 Å². The Morgan fingerprint density at radius 1 is 1.50 bits per heavy atom. The number of amides is 3. The zero-order valence-corrected chi connectivity index (χ0v) is 15.0. The molecule has 1 aliphatic heterocycles. The maximum absolute atomic E-state index is 12.6. The third-order valence-corrected chi connectivity index (χ3v) is 5.20. The summed E-state index contributed by atoms with van der Waals surface area (Å²) in [5.41, 5.74) is 6.89. The molecule has 0 aromatic carbocycles. The van der Waals surface area contributed by atoms with E-state index >= 15 is 0 Å². The number of nitrogens with two attached hydrogens (primary N) is 1. The molecule has 0 saturated carbocycles. The minimum atomic E-state index is -0.690. The molecule has 1 fully saturated rings. The van der Waals surface area contributed by atoms with E-state index in [2.05, 4.69) is 10.3 Å². The summed E-state index contributed by atoms with van der Waals surface area (Å²) in [5.74, 6) is -0.489. The number of thiophene rings is 1. The Morgan fingerprint density at radius 2 is 2.31 bits per heavy atom. The number of urea groups is 1. The molecule has 8 nitrogen and oxygen atoms in total. The van der Waals surface area contributed by atoms with Gasteiger partial charge in [-0.3, -0.25) is 4.79 Å². The van der Waals surface area contributed by atoms with Gasteiger partial charge < -0.3 is 25.8 Å². The van der Waals surface area contributed by atoms with Crippen LogP contribution in [-0.4, -0.2) is 53.7 Å². The van der Waals surface area contributed by atoms with Crippen LogP contribution >= 0.6 is 11.3 Å². The van der Waals surface area contributed by atoms with Gasteiger partial charge in [-0.25, -0.2) is 9.78 Å². The number of hydrogen-bond acceptors (Lipinski definition) is 6. The van der Waals surface area contributed by atoms with Crippen molar-refractivity contribution < 1.29 is 19.4 Å². The van der Waals surface area contributed by atoms with Crippen LogP contribution in [0.4, 0.5) is 10.5 Å². The van der Waals surface area contributed by atoms with Crippen molar-refractivity contribution in [2.75, 3.05) is 32.1 Å². The number of aromatic nitrogens is 1. The minimum absolute atomic E-state index is 0.00878. The lowest BCUT2D eigenvalue weighted by Crippen LogP contribution is -2.33. The Labute approximate surface area is 154 Å². The fourth-order valence-electron chi connectivity index (χ4n) is 3.15. The second-order valence-corrected chi connectivity index (χ2v) is 6.87. The van der Waals surface area contributed by atoms with Crippen LogP contribution in [0, 0.1) is 5.92 Å². The number of hydrogen-bond donors (Lipinski definition) is 3. The Bertz CT molecular complexity index is 796. The number of pyridine rings is 1. The number of primary amides is 1. The van der Waals surface area contributed by atoms with E-state index in [-0.39, 0.29) is 35.9 Å². The summed E-state index contributed by atoms with van der Waals surface area (Å²) in [4.78, 5) is 29.7. The second kappa shape index (κ2) is 7.71. The molecule has 9 heteroatoms. The number of ether oxygens (including phenoxy) is 1. The molecule has 0 bridgehead atoms. The normalized spacial score (nSPS) is 19.4. The number of nitrogens with one attached hydrogen (secondary N) is 1. The van der Waals surface area contributed by atoms with Gasteiger partial charge in [0.25, 0.3) is 5.91 Å². The molecule has 0 unspecified atom stereocenters. The Morgan fingerprint density at radius 3 is 2.92 bits per heavy atom. The molecule has 2 aromatic rings. The van der Waals surface area contributed by atoms with Gasteiger partial charge in [0, 0.05) is 31.5 Å². The van der Waals surface area contributed by atoms with E-state index in [0.29, 0.717) is 18.8 Å². The predicted octanol–water partition coefficient (Wildman–Crippen LogP) is 1.49. The van der Waals surface area contributed by atoms with Crippen molar-refractivity contribution in [1.82, 2.24) is 9.88 Å². The highest BCUT2D eigenvalue weighted by atomic mass is 32.1. The fraction of sp³-hybridized carbons (Fsp3) is 0.353. The summed E-state index contributed by atoms with van der Waals surface area (Å²) in [7, 11) is 1.39. The lowest BCUT2D eigenvalue weighted by atomic mass is 9.92. The predicted molar refractivity (Wildman–Crippen MR) is 97.5 cm³/mol. The smallest absolute Gasteiger partial charge is 0.321 e. The summed E-state index contributed by atoms with van der Waals surface area (Å²) < 4.78 is 4.99. The molecule has 138 valence electrons. The molecule has 0 spiro atoms. The van der Waals surface area contributed by atoms with Crippen LogP contribution in [0.15, 0.2) is 29.1 Å². The zero-order valence-electron chi connectivity index (χ0n) is 14.2. The van der Waals surface area contributed by atoms with E-state index in [0.717, 1.165) is 5.56 Å². The van der Waals surface area contributed by atoms with Crippen molar-refractivity contribution >= 4 is 29.0 Å². The van der Waals surface area contributed by atoms with E-state index in [1.54, 1.807) is 16.2 Å². The van der Waals surface area contributed by atoms with Crippen LogP contribution in [0.25, 0.3) is 0 Å². The topological polar surface area (TPSA) is 118 Å². The number of aliphatic hydroxyl groups is 1. The maximum Gasteiger partial charge on any atom is 0.321 e. The Hall–Kier alpha value is -2.65. The highest BCUT2D eigenvalue weighted by Crippen LogP contribution is 2.34. The maximum atomic E-state index is 12.6. The number of rotatable bonds is 5. The van der Waals surface area contributed by atoms with Gasteiger partial charge in [0.05, 0.1) is 19.0 Å². The summed E-state index contributed by atoms with van der Waals surface area (Å²) >= 11 is 1.59. The lowest BCUT2D eigenvalue weighted by Gasteiger charge is -2.17. The van der Waals surface area contributed by atoms with Crippen molar-refractivity contribution in [3.63, 3.8) is 0 Å². The van der Waals surface area contributed by atoms with Crippen molar-refractivity contribution in [2.45, 2.75) is 5.92 Å². The number of likely N-dealkylation sites (tertiary alicyclic amines) is 1. The molecule has 2 aromatic heterocycles. The average molecular weight is 376 g/mol. The van der Waals surface area contributed by atoms with Gasteiger partial charge in [-0.1, -0.05) is 0 Å². The molecular formula is C17H20N4O4S. The van der Waals surface area contributed by atoms with Gasteiger partial charge in [-0.2, -0.15) is 11.3 Å². The highest BCUT2D eigenvalue weighted by Gasteiger charge is 2.36. The molecule has 26 heavy (non-hydrogen) atoms. The molecule has 2 atom stereocenters. The number of nitrogens with zero attached hydrogens (tertiary/aromatic N) is 2. The molecule has 0 aliphatic carbocycles. The van der Waals surface area contributed by atoms with Crippen LogP contribution in [0.5, 0.6) is 5.88 Å². The van der Waals surface area contributed by atoms with Gasteiger partial charge in [0.15, 0.2) is 0 Å². The number of anilines is 1. The second-order valence-electron chi connectivity index (χ2n) is 6.09. The van der Waals surface area contributed by atoms with Gasteiger partial charge in [-0.15, -0.1) is 0 Å². The molecular weight excluding hydrogens is 356 g/mol. The van der Waals surface area contributed by atoms with Crippen LogP contribution < -0.4 is 15.8 Å². The van der Waals surface area contributed by atoms with Gasteiger partial charge >= 0.3 is 6.03 Å².